The summed E-state index contributed by atoms with van der Waals surface area (Å²) in [7, 11) is 5.31. The number of rotatable bonds is 5. The Labute approximate surface area is 112 Å². The Bertz CT molecular complexity index is 577. The molecular formula is C14H19N3O2. The third-order valence-electron chi connectivity index (χ3n) is 3.15. The summed E-state index contributed by atoms with van der Waals surface area (Å²) in [6, 6.07) is 7.76. The van der Waals surface area contributed by atoms with Crippen LogP contribution in [0.5, 0.6) is 0 Å². The van der Waals surface area contributed by atoms with Crippen molar-refractivity contribution >= 4 is 16.8 Å². The van der Waals surface area contributed by atoms with Gasteiger partial charge in [0.25, 0.3) is 5.91 Å². The molecule has 0 aliphatic heterocycles. The Morgan fingerprint density at radius 1 is 1.42 bits per heavy atom. The van der Waals surface area contributed by atoms with Crippen LogP contribution in [-0.2, 0) is 11.8 Å². The van der Waals surface area contributed by atoms with Gasteiger partial charge in [-0.1, -0.05) is 18.2 Å². The predicted molar refractivity (Wildman–Crippen MR) is 74.2 cm³/mol. The average molecular weight is 261 g/mol. The molecule has 102 valence electrons. The van der Waals surface area contributed by atoms with Gasteiger partial charge in [-0.2, -0.15) is 5.10 Å². The van der Waals surface area contributed by atoms with Crippen LogP contribution in [0, 0.1) is 0 Å². The fourth-order valence-corrected chi connectivity index (χ4v) is 2.10. The molecular weight excluding hydrogens is 242 g/mol. The van der Waals surface area contributed by atoms with Crippen molar-refractivity contribution in [1.82, 2.24) is 14.7 Å². The van der Waals surface area contributed by atoms with E-state index in [0.717, 1.165) is 17.3 Å². The summed E-state index contributed by atoms with van der Waals surface area (Å²) in [6.45, 7) is 1.32. The van der Waals surface area contributed by atoms with Gasteiger partial charge in [0.15, 0.2) is 5.69 Å². The van der Waals surface area contributed by atoms with Gasteiger partial charge in [-0.25, -0.2) is 0 Å². The standard InChI is InChI=1S/C14H19N3O2/c1-16(9-6-10-19-3)14(18)13-11-7-4-5-8-12(11)17(2)15-13/h4-5,7-8H,6,9-10H2,1-3H3. The third kappa shape index (κ3) is 2.76. The lowest BCUT2D eigenvalue weighted by Gasteiger charge is -2.15. The molecule has 0 aliphatic carbocycles. The molecule has 0 unspecified atom stereocenters. The predicted octanol–water partition coefficient (Wildman–Crippen LogP) is 1.68. The maximum Gasteiger partial charge on any atom is 0.274 e. The molecule has 0 aliphatic rings. The molecule has 0 fully saturated rings. The highest BCUT2D eigenvalue weighted by Crippen LogP contribution is 2.18. The van der Waals surface area contributed by atoms with Crippen LogP contribution >= 0.6 is 0 Å². The molecule has 0 radical (unpaired) electrons. The number of carbonyl (C=O) groups excluding carboxylic acids is 1. The minimum Gasteiger partial charge on any atom is -0.385 e. The molecule has 0 atom stereocenters. The monoisotopic (exact) mass is 261 g/mol. The number of aromatic nitrogens is 2. The summed E-state index contributed by atoms with van der Waals surface area (Å²) in [5.41, 5.74) is 1.48. The van der Waals surface area contributed by atoms with Gasteiger partial charge in [0.2, 0.25) is 0 Å². The van der Waals surface area contributed by atoms with Crippen molar-refractivity contribution in [3.05, 3.63) is 30.0 Å². The van der Waals surface area contributed by atoms with Crippen LogP contribution in [0.4, 0.5) is 0 Å². The molecule has 2 rings (SSSR count). The molecule has 1 heterocycles. The maximum atomic E-state index is 12.4. The maximum absolute atomic E-state index is 12.4. The van der Waals surface area contributed by atoms with Gasteiger partial charge in [0.05, 0.1) is 5.52 Å². The topological polar surface area (TPSA) is 47.4 Å². The highest BCUT2D eigenvalue weighted by molar-refractivity contribution is 6.04. The molecule has 0 N–H and O–H groups in total. The van der Waals surface area contributed by atoms with Gasteiger partial charge in [-0.05, 0) is 12.5 Å². The van der Waals surface area contributed by atoms with Gasteiger partial charge < -0.3 is 9.64 Å². The highest BCUT2D eigenvalue weighted by Gasteiger charge is 2.18. The summed E-state index contributed by atoms with van der Waals surface area (Å²) in [6.07, 6.45) is 0.823. The van der Waals surface area contributed by atoms with Crippen molar-refractivity contribution in [1.29, 1.82) is 0 Å². The van der Waals surface area contributed by atoms with Crippen molar-refractivity contribution < 1.29 is 9.53 Å². The number of carbonyl (C=O) groups is 1. The Hall–Kier alpha value is -1.88. The molecule has 1 amide bonds. The average Bonchev–Trinajstić information content (AvgIpc) is 2.76. The van der Waals surface area contributed by atoms with E-state index in [4.69, 9.17) is 4.74 Å². The second kappa shape index (κ2) is 5.84. The van der Waals surface area contributed by atoms with E-state index in [1.54, 1.807) is 23.7 Å². The molecule has 0 saturated heterocycles. The van der Waals surface area contributed by atoms with Crippen LogP contribution in [-0.4, -0.2) is 47.9 Å². The number of para-hydroxylation sites is 1. The second-order valence-corrected chi connectivity index (χ2v) is 4.56. The smallest absolute Gasteiger partial charge is 0.274 e. The second-order valence-electron chi connectivity index (χ2n) is 4.56. The van der Waals surface area contributed by atoms with E-state index in [1.165, 1.54) is 0 Å². The lowest BCUT2D eigenvalue weighted by Crippen LogP contribution is -2.29. The summed E-state index contributed by atoms with van der Waals surface area (Å²) >= 11 is 0. The Morgan fingerprint density at radius 3 is 2.89 bits per heavy atom. The number of nitrogens with zero attached hydrogens (tertiary/aromatic N) is 3. The van der Waals surface area contributed by atoms with Gasteiger partial charge >= 0.3 is 0 Å². The zero-order chi connectivity index (χ0) is 13.8. The number of aryl methyl sites for hydroxylation is 1. The highest BCUT2D eigenvalue weighted by atomic mass is 16.5. The number of fused-ring (bicyclic) bond motifs is 1. The largest absolute Gasteiger partial charge is 0.385 e. The SMILES string of the molecule is COCCCN(C)C(=O)c1nn(C)c2ccccc12. The van der Waals surface area contributed by atoms with Crippen molar-refractivity contribution in [2.24, 2.45) is 7.05 Å². The number of methoxy groups -OCH3 is 1. The van der Waals surface area contributed by atoms with E-state index in [-0.39, 0.29) is 5.91 Å². The molecule has 5 nitrogen and oxygen atoms in total. The van der Waals surface area contributed by atoms with Gasteiger partial charge in [0, 0.05) is 39.7 Å². The lowest BCUT2D eigenvalue weighted by molar-refractivity contribution is 0.0774. The molecule has 0 saturated carbocycles. The molecule has 0 spiro atoms. The van der Waals surface area contributed by atoms with E-state index < -0.39 is 0 Å². The number of hydrogen-bond donors (Lipinski definition) is 0. The molecule has 5 heteroatoms. The van der Waals surface area contributed by atoms with Gasteiger partial charge in [-0.15, -0.1) is 0 Å². The minimum atomic E-state index is -0.0482. The number of ether oxygens (including phenoxy) is 1. The summed E-state index contributed by atoms with van der Waals surface area (Å²) in [5.74, 6) is -0.0482. The number of amides is 1. The first kappa shape index (κ1) is 13.5. The molecule has 0 bridgehead atoms. The number of hydrogen-bond acceptors (Lipinski definition) is 3. The molecule has 1 aromatic heterocycles. The van der Waals surface area contributed by atoms with Crippen LogP contribution in [0.15, 0.2) is 24.3 Å². The van der Waals surface area contributed by atoms with E-state index >= 15 is 0 Å². The molecule has 1 aromatic carbocycles. The zero-order valence-electron chi connectivity index (χ0n) is 11.6. The first-order chi connectivity index (χ1) is 9.15. The van der Waals surface area contributed by atoms with E-state index in [0.29, 0.717) is 18.8 Å². The lowest BCUT2D eigenvalue weighted by atomic mass is 10.2. The minimum absolute atomic E-state index is 0.0482. The summed E-state index contributed by atoms with van der Waals surface area (Å²) in [5, 5.41) is 5.23. The van der Waals surface area contributed by atoms with Gasteiger partial charge in [-0.3, -0.25) is 9.48 Å². The Kier molecular flexibility index (Phi) is 4.16. The summed E-state index contributed by atoms with van der Waals surface area (Å²) < 4.78 is 6.74. The van der Waals surface area contributed by atoms with Crippen molar-refractivity contribution in [2.75, 3.05) is 27.3 Å². The Balaban J connectivity index is 2.21. The summed E-state index contributed by atoms with van der Waals surface area (Å²) in [4.78, 5) is 14.1. The van der Waals surface area contributed by atoms with Crippen LogP contribution < -0.4 is 0 Å². The molecule has 2 aromatic rings. The normalized spacial score (nSPS) is 10.9. The van der Waals surface area contributed by atoms with Crippen LogP contribution in [0.25, 0.3) is 10.9 Å². The fraction of sp³-hybridized carbons (Fsp3) is 0.429. The van der Waals surface area contributed by atoms with Crippen LogP contribution in [0.1, 0.15) is 16.9 Å². The third-order valence-corrected chi connectivity index (χ3v) is 3.15. The van der Waals surface area contributed by atoms with Crippen LogP contribution in [0.2, 0.25) is 0 Å². The number of benzene rings is 1. The van der Waals surface area contributed by atoms with E-state index in [1.807, 2.05) is 31.3 Å². The van der Waals surface area contributed by atoms with Crippen molar-refractivity contribution in [2.45, 2.75) is 6.42 Å². The molecule has 19 heavy (non-hydrogen) atoms. The fourth-order valence-electron chi connectivity index (χ4n) is 2.10. The zero-order valence-corrected chi connectivity index (χ0v) is 11.6. The van der Waals surface area contributed by atoms with Gasteiger partial charge in [0.1, 0.15) is 0 Å². The van der Waals surface area contributed by atoms with Crippen molar-refractivity contribution in [3.8, 4) is 0 Å². The van der Waals surface area contributed by atoms with E-state index in [9.17, 15) is 4.79 Å². The van der Waals surface area contributed by atoms with Crippen molar-refractivity contribution in [3.63, 3.8) is 0 Å². The first-order valence-electron chi connectivity index (χ1n) is 6.31. The Morgan fingerprint density at radius 2 is 2.16 bits per heavy atom. The quantitative estimate of drug-likeness (QED) is 0.769. The van der Waals surface area contributed by atoms with Crippen LogP contribution in [0.3, 0.4) is 0 Å². The van der Waals surface area contributed by atoms with E-state index in [2.05, 4.69) is 5.10 Å². The first-order valence-corrected chi connectivity index (χ1v) is 6.31.